The van der Waals surface area contributed by atoms with Crippen molar-refractivity contribution in [3.05, 3.63) is 111 Å². The molecule has 32 heavy (non-hydrogen) atoms. The number of rotatable bonds is 7. The van der Waals surface area contributed by atoms with Crippen LogP contribution in [0.5, 0.6) is 5.75 Å². The van der Waals surface area contributed by atoms with E-state index in [-0.39, 0.29) is 18.0 Å². The van der Waals surface area contributed by atoms with E-state index >= 15 is 0 Å². The van der Waals surface area contributed by atoms with Gasteiger partial charge in [0.2, 0.25) is 0 Å². The summed E-state index contributed by atoms with van der Waals surface area (Å²) in [7, 11) is 1.58. The normalized spacial score (nSPS) is 10.8. The molecule has 0 aliphatic rings. The van der Waals surface area contributed by atoms with Gasteiger partial charge in [-0.3, -0.25) is 9.59 Å². The van der Waals surface area contributed by atoms with Gasteiger partial charge in [-0.05, 0) is 47.7 Å². The molecule has 0 radical (unpaired) electrons. The van der Waals surface area contributed by atoms with Gasteiger partial charge in [0.25, 0.3) is 11.5 Å². The summed E-state index contributed by atoms with van der Waals surface area (Å²) in [5, 5.41) is 1.26. The molecule has 1 amide bonds. The quantitative estimate of drug-likeness (QED) is 0.431. The van der Waals surface area contributed by atoms with Gasteiger partial charge in [0.1, 0.15) is 5.75 Å². The van der Waals surface area contributed by atoms with E-state index < -0.39 is 0 Å². The van der Waals surface area contributed by atoms with Crippen molar-refractivity contribution in [3.63, 3.8) is 0 Å². The molecule has 1 aromatic heterocycles. The second-order valence-corrected chi connectivity index (χ2v) is 7.93. The van der Waals surface area contributed by atoms with Crippen molar-refractivity contribution in [2.24, 2.45) is 0 Å². The summed E-state index contributed by atoms with van der Waals surface area (Å²) in [6.07, 6.45) is 0.666. The lowest BCUT2D eigenvalue weighted by Gasteiger charge is -2.23. The summed E-state index contributed by atoms with van der Waals surface area (Å²) in [5.41, 5.74) is 2.50. The number of nitrogens with zero attached hydrogens (tertiary/aromatic N) is 1. The van der Waals surface area contributed by atoms with Gasteiger partial charge in [0.15, 0.2) is 0 Å². The molecule has 0 aliphatic heterocycles. The van der Waals surface area contributed by atoms with Crippen LogP contribution in [-0.4, -0.2) is 29.4 Å². The molecule has 0 aliphatic carbocycles. The lowest BCUT2D eigenvalue weighted by Crippen LogP contribution is -2.34. The van der Waals surface area contributed by atoms with E-state index in [2.05, 4.69) is 4.98 Å². The second kappa shape index (κ2) is 9.71. The van der Waals surface area contributed by atoms with Crippen molar-refractivity contribution in [1.29, 1.82) is 0 Å². The number of pyridine rings is 1. The van der Waals surface area contributed by atoms with Crippen LogP contribution in [0.1, 0.15) is 21.5 Å². The first-order valence-electron chi connectivity index (χ1n) is 10.3. The fraction of sp³-hybridized carbons (Fsp3) is 0.154. The van der Waals surface area contributed by atoms with Crippen LogP contribution in [0.15, 0.2) is 83.7 Å². The highest BCUT2D eigenvalue weighted by Crippen LogP contribution is 2.21. The van der Waals surface area contributed by atoms with Crippen LogP contribution in [0, 0.1) is 0 Å². The van der Waals surface area contributed by atoms with Crippen molar-refractivity contribution >= 4 is 28.4 Å². The van der Waals surface area contributed by atoms with Gasteiger partial charge >= 0.3 is 0 Å². The van der Waals surface area contributed by atoms with Crippen LogP contribution in [0.4, 0.5) is 0 Å². The minimum atomic E-state index is -0.234. The number of hydrogen-bond donors (Lipinski definition) is 1. The van der Waals surface area contributed by atoms with Crippen LogP contribution in [0.2, 0.25) is 5.02 Å². The smallest absolute Gasteiger partial charge is 0.255 e. The van der Waals surface area contributed by atoms with Crippen molar-refractivity contribution < 1.29 is 9.53 Å². The molecule has 1 heterocycles. The van der Waals surface area contributed by atoms with Gasteiger partial charge in [-0.1, -0.05) is 54.1 Å². The Morgan fingerprint density at radius 1 is 1.00 bits per heavy atom. The maximum Gasteiger partial charge on any atom is 0.255 e. The number of aromatic nitrogens is 1. The van der Waals surface area contributed by atoms with Gasteiger partial charge in [0.05, 0.1) is 29.8 Å². The number of H-pyrrole nitrogens is 1. The number of methoxy groups -OCH3 is 1. The minimum absolute atomic E-state index is 0.175. The lowest BCUT2D eigenvalue weighted by atomic mass is 10.1. The number of hydrogen-bond acceptors (Lipinski definition) is 3. The van der Waals surface area contributed by atoms with Crippen LogP contribution in [-0.2, 0) is 13.0 Å². The van der Waals surface area contributed by atoms with Crippen molar-refractivity contribution in [1.82, 2.24) is 9.88 Å². The molecule has 6 heteroatoms. The number of nitrogens with one attached hydrogen (secondary N) is 1. The average molecular weight is 447 g/mol. The third-order valence-electron chi connectivity index (χ3n) is 5.40. The molecule has 0 atom stereocenters. The van der Waals surface area contributed by atoms with E-state index in [1.165, 1.54) is 0 Å². The lowest BCUT2D eigenvalue weighted by molar-refractivity contribution is 0.0744. The Bertz CT molecular complexity index is 1300. The number of carbonyl (C=O) groups excluding carboxylic acids is 1. The predicted molar refractivity (Wildman–Crippen MR) is 127 cm³/mol. The fourth-order valence-corrected chi connectivity index (χ4v) is 3.86. The van der Waals surface area contributed by atoms with E-state index in [1.807, 2.05) is 48.5 Å². The Morgan fingerprint density at radius 3 is 2.50 bits per heavy atom. The molecule has 0 saturated carbocycles. The summed E-state index contributed by atoms with van der Waals surface area (Å²) >= 11 is 6.29. The second-order valence-electron chi connectivity index (χ2n) is 7.52. The molecule has 5 nitrogen and oxygen atoms in total. The summed E-state index contributed by atoms with van der Waals surface area (Å²) < 4.78 is 5.24. The maximum absolute atomic E-state index is 13.4. The molecule has 0 fully saturated rings. The topological polar surface area (TPSA) is 62.4 Å². The molecular weight excluding hydrogens is 424 g/mol. The molecule has 0 saturated heterocycles. The molecule has 0 bridgehead atoms. The number of benzene rings is 3. The summed E-state index contributed by atoms with van der Waals surface area (Å²) in [5.74, 6) is 0.458. The Labute approximate surface area is 191 Å². The Kier molecular flexibility index (Phi) is 6.57. The molecule has 4 aromatic rings. The first-order valence-corrected chi connectivity index (χ1v) is 10.7. The van der Waals surface area contributed by atoms with Crippen LogP contribution >= 0.6 is 11.6 Å². The number of fused-ring (bicyclic) bond motifs is 1. The Morgan fingerprint density at radius 2 is 1.75 bits per heavy atom. The molecular formula is C26H23ClN2O3. The van der Waals surface area contributed by atoms with Gasteiger partial charge in [-0.15, -0.1) is 0 Å². The van der Waals surface area contributed by atoms with Gasteiger partial charge < -0.3 is 14.6 Å². The van der Waals surface area contributed by atoms with Crippen molar-refractivity contribution in [3.8, 4) is 5.75 Å². The van der Waals surface area contributed by atoms with E-state index in [1.54, 1.807) is 42.3 Å². The molecule has 0 unspecified atom stereocenters. The van der Waals surface area contributed by atoms with E-state index in [0.29, 0.717) is 40.4 Å². The van der Waals surface area contributed by atoms with Gasteiger partial charge in [-0.2, -0.15) is 0 Å². The predicted octanol–water partition coefficient (Wildman–Crippen LogP) is 5.08. The number of ether oxygens (including phenoxy) is 1. The SMILES string of the molecule is COc1ccc2cc(CN(CCc3ccccc3)C(=O)c3ccccc3Cl)c(=O)[nH]c2c1. The zero-order chi connectivity index (χ0) is 22.5. The zero-order valence-corrected chi connectivity index (χ0v) is 18.4. The summed E-state index contributed by atoms with van der Waals surface area (Å²) in [4.78, 5) is 30.7. The number of carbonyl (C=O) groups is 1. The number of halogens is 1. The highest BCUT2D eigenvalue weighted by atomic mass is 35.5. The first kappa shape index (κ1) is 21.7. The number of amides is 1. The van der Waals surface area contributed by atoms with Crippen molar-refractivity contribution in [2.75, 3.05) is 13.7 Å². The molecule has 1 N–H and O–H groups in total. The molecule has 3 aromatic carbocycles. The molecule has 0 spiro atoms. The fourth-order valence-electron chi connectivity index (χ4n) is 3.64. The van der Waals surface area contributed by atoms with E-state index in [4.69, 9.17) is 16.3 Å². The van der Waals surface area contributed by atoms with E-state index in [0.717, 1.165) is 10.9 Å². The Balaban J connectivity index is 1.66. The first-order chi connectivity index (χ1) is 15.5. The van der Waals surface area contributed by atoms with Crippen LogP contribution < -0.4 is 10.3 Å². The Hall–Kier alpha value is -3.57. The van der Waals surface area contributed by atoms with Crippen molar-refractivity contribution in [2.45, 2.75) is 13.0 Å². The highest BCUT2D eigenvalue weighted by molar-refractivity contribution is 6.33. The zero-order valence-electron chi connectivity index (χ0n) is 17.7. The minimum Gasteiger partial charge on any atom is -0.497 e. The third-order valence-corrected chi connectivity index (χ3v) is 5.73. The standard InChI is InChI=1S/C26H23ClN2O3/c1-32-21-12-11-19-15-20(25(30)28-24(19)16-21)17-29(14-13-18-7-3-2-4-8-18)26(31)22-9-5-6-10-23(22)27/h2-12,15-16H,13-14,17H2,1H3,(H,28,30). The average Bonchev–Trinajstić information content (AvgIpc) is 2.82. The van der Waals surface area contributed by atoms with Crippen LogP contribution in [0.3, 0.4) is 0 Å². The monoisotopic (exact) mass is 446 g/mol. The van der Waals surface area contributed by atoms with Gasteiger partial charge in [-0.25, -0.2) is 0 Å². The maximum atomic E-state index is 13.4. The van der Waals surface area contributed by atoms with E-state index in [9.17, 15) is 9.59 Å². The molecule has 4 rings (SSSR count). The highest BCUT2D eigenvalue weighted by Gasteiger charge is 2.20. The molecule has 162 valence electrons. The van der Waals surface area contributed by atoms with Gasteiger partial charge in [0, 0.05) is 18.2 Å². The number of aromatic amines is 1. The largest absolute Gasteiger partial charge is 0.497 e. The summed E-state index contributed by atoms with van der Waals surface area (Å²) in [6, 6.07) is 24.2. The third kappa shape index (κ3) is 4.84. The van der Waals surface area contributed by atoms with Crippen LogP contribution in [0.25, 0.3) is 10.9 Å². The summed E-state index contributed by atoms with van der Waals surface area (Å²) in [6.45, 7) is 0.627.